The molecule has 3 nitrogen and oxygen atoms in total. The SMILES string of the molecule is CCC(=O)[O-].C[N+](C)(C)CCCl. The third-order valence-electron chi connectivity index (χ3n) is 1.04. The zero-order chi connectivity index (χ0) is 10.2. The van der Waals surface area contributed by atoms with Gasteiger partial charge in [0.05, 0.1) is 33.6 Å². The molecule has 0 aliphatic carbocycles. The number of halogens is 1. The number of carboxylic acid groups (broad SMARTS) is 1. The molecule has 0 aromatic rings. The van der Waals surface area contributed by atoms with Crippen molar-refractivity contribution in [1.29, 1.82) is 0 Å². The fourth-order valence-electron chi connectivity index (χ4n) is 0.254. The summed E-state index contributed by atoms with van der Waals surface area (Å²) < 4.78 is 0.962. The van der Waals surface area contributed by atoms with E-state index in [2.05, 4.69) is 21.1 Å². The van der Waals surface area contributed by atoms with Gasteiger partial charge in [0, 0.05) is 5.97 Å². The molecule has 0 amide bonds. The summed E-state index contributed by atoms with van der Waals surface area (Å²) in [7, 11) is 6.38. The molecule has 0 fully saturated rings. The van der Waals surface area contributed by atoms with Gasteiger partial charge in [-0.3, -0.25) is 0 Å². The Balaban J connectivity index is 0. The van der Waals surface area contributed by atoms with Crippen LogP contribution in [0.5, 0.6) is 0 Å². The second-order valence-electron chi connectivity index (χ2n) is 3.43. The lowest BCUT2D eigenvalue weighted by Gasteiger charge is -2.21. The Hall–Kier alpha value is -0.280. The van der Waals surface area contributed by atoms with Crippen LogP contribution < -0.4 is 5.11 Å². The smallest absolute Gasteiger partial charge is 0.0918 e. The molecule has 74 valence electrons. The highest BCUT2D eigenvalue weighted by molar-refractivity contribution is 6.17. The number of quaternary nitrogens is 1. The van der Waals surface area contributed by atoms with E-state index in [-0.39, 0.29) is 6.42 Å². The molecule has 0 aromatic carbocycles. The Kier molecular flexibility index (Phi) is 8.76. The lowest BCUT2D eigenvalue weighted by molar-refractivity contribution is -0.867. The van der Waals surface area contributed by atoms with Gasteiger partial charge >= 0.3 is 0 Å². The molecule has 0 spiro atoms. The molecule has 0 rings (SSSR count). The van der Waals surface area contributed by atoms with Crippen LogP contribution in [0.15, 0.2) is 0 Å². The number of hydrogen-bond donors (Lipinski definition) is 0. The quantitative estimate of drug-likeness (QED) is 0.473. The van der Waals surface area contributed by atoms with Crippen LogP contribution in [0.2, 0.25) is 0 Å². The Morgan fingerprint density at radius 1 is 1.42 bits per heavy atom. The number of alkyl halides is 1. The van der Waals surface area contributed by atoms with Gasteiger partial charge in [0.1, 0.15) is 0 Å². The third-order valence-corrected chi connectivity index (χ3v) is 1.21. The van der Waals surface area contributed by atoms with Gasteiger partial charge in [-0.2, -0.15) is 0 Å². The van der Waals surface area contributed by atoms with Crippen LogP contribution in [0.4, 0.5) is 0 Å². The van der Waals surface area contributed by atoms with Crippen LogP contribution in [-0.4, -0.2) is 44.0 Å². The molecule has 0 heterocycles. The molecule has 0 aliphatic heterocycles. The molecule has 12 heavy (non-hydrogen) atoms. The maximum atomic E-state index is 9.26. The van der Waals surface area contributed by atoms with E-state index < -0.39 is 5.97 Å². The molecular formula is C8H18ClNO2. The number of aliphatic carboxylic acids is 1. The van der Waals surface area contributed by atoms with Crippen molar-refractivity contribution in [2.24, 2.45) is 0 Å². The van der Waals surface area contributed by atoms with Crippen molar-refractivity contribution >= 4 is 17.6 Å². The van der Waals surface area contributed by atoms with Crippen LogP contribution in [0.1, 0.15) is 13.3 Å². The molecule has 0 unspecified atom stereocenters. The summed E-state index contributed by atoms with van der Waals surface area (Å²) in [6, 6.07) is 0. The van der Waals surface area contributed by atoms with Gasteiger partial charge in [0.25, 0.3) is 0 Å². The maximum Gasteiger partial charge on any atom is 0.0918 e. The molecule has 0 aromatic heterocycles. The number of hydrogen-bond acceptors (Lipinski definition) is 2. The van der Waals surface area contributed by atoms with Gasteiger partial charge in [-0.05, 0) is 6.42 Å². The monoisotopic (exact) mass is 195 g/mol. The fourth-order valence-corrected chi connectivity index (χ4v) is 0.761. The number of nitrogens with zero attached hydrogens (tertiary/aromatic N) is 1. The first-order chi connectivity index (χ1) is 5.33. The third kappa shape index (κ3) is 22.6. The minimum atomic E-state index is -0.995. The highest BCUT2D eigenvalue weighted by Gasteiger charge is 2.02. The van der Waals surface area contributed by atoms with Crippen molar-refractivity contribution in [3.63, 3.8) is 0 Å². The second kappa shape index (κ2) is 7.37. The average molecular weight is 196 g/mol. The molecule has 4 heteroatoms. The zero-order valence-electron chi connectivity index (χ0n) is 8.26. The Labute approximate surface area is 79.5 Å². The largest absolute Gasteiger partial charge is 0.550 e. The molecule has 0 saturated heterocycles. The van der Waals surface area contributed by atoms with Crippen molar-refractivity contribution in [2.75, 3.05) is 33.6 Å². The molecule has 0 radical (unpaired) electrons. The summed E-state index contributed by atoms with van der Waals surface area (Å²) in [5.74, 6) is -0.242. The molecule has 0 N–H and O–H groups in total. The highest BCUT2D eigenvalue weighted by Crippen LogP contribution is 1.88. The summed E-state index contributed by atoms with van der Waals surface area (Å²) >= 11 is 5.47. The molecule has 0 saturated carbocycles. The summed E-state index contributed by atoms with van der Waals surface area (Å²) in [5.41, 5.74) is 0. The predicted molar refractivity (Wildman–Crippen MR) is 48.9 cm³/mol. The van der Waals surface area contributed by atoms with Crippen molar-refractivity contribution in [3.8, 4) is 0 Å². The van der Waals surface area contributed by atoms with E-state index in [0.717, 1.165) is 16.9 Å². The van der Waals surface area contributed by atoms with Crippen LogP contribution in [0, 0.1) is 0 Å². The first-order valence-corrected chi connectivity index (χ1v) is 4.43. The topological polar surface area (TPSA) is 40.1 Å². The fraction of sp³-hybridized carbons (Fsp3) is 0.875. The standard InChI is InChI=1S/C5H13ClN.C3H6O2/c1-7(2,3)5-4-6;1-2-3(4)5/h4-5H2,1-3H3;2H2,1H3,(H,4,5)/q+1;/p-1. The Bertz CT molecular complexity index is 121. The van der Waals surface area contributed by atoms with Gasteiger partial charge in [-0.15, -0.1) is 11.6 Å². The van der Waals surface area contributed by atoms with Crippen LogP contribution >= 0.6 is 11.6 Å². The zero-order valence-corrected chi connectivity index (χ0v) is 9.02. The predicted octanol–water partition coefficient (Wildman–Crippen LogP) is 0.0777. The number of carboxylic acids is 1. The lowest BCUT2D eigenvalue weighted by Crippen LogP contribution is -2.35. The first-order valence-electron chi connectivity index (χ1n) is 3.89. The van der Waals surface area contributed by atoms with Crippen LogP contribution in [0.25, 0.3) is 0 Å². The Morgan fingerprint density at radius 2 is 1.75 bits per heavy atom. The van der Waals surface area contributed by atoms with Gasteiger partial charge in [-0.25, -0.2) is 0 Å². The van der Waals surface area contributed by atoms with Crippen molar-refractivity contribution in [2.45, 2.75) is 13.3 Å². The first kappa shape index (κ1) is 14.3. The maximum absolute atomic E-state index is 9.26. The van der Waals surface area contributed by atoms with Gasteiger partial charge in [-0.1, -0.05) is 6.92 Å². The summed E-state index contributed by atoms with van der Waals surface area (Å²) in [6.07, 6.45) is 0.111. The van der Waals surface area contributed by atoms with Gasteiger partial charge in [0.2, 0.25) is 0 Å². The van der Waals surface area contributed by atoms with Crippen LogP contribution in [0.3, 0.4) is 0 Å². The Morgan fingerprint density at radius 3 is 1.75 bits per heavy atom. The minimum absolute atomic E-state index is 0.111. The van der Waals surface area contributed by atoms with Crippen molar-refractivity contribution in [1.82, 2.24) is 0 Å². The van der Waals surface area contributed by atoms with Gasteiger partial charge < -0.3 is 14.4 Å². The normalized spacial score (nSPS) is 10.1. The number of carbonyl (C=O) groups is 1. The molecule has 0 bridgehead atoms. The van der Waals surface area contributed by atoms with Crippen LogP contribution in [-0.2, 0) is 4.79 Å². The average Bonchev–Trinajstić information content (AvgIpc) is 1.86. The molecule has 0 atom stereocenters. The lowest BCUT2D eigenvalue weighted by atomic mass is 10.5. The summed E-state index contributed by atoms with van der Waals surface area (Å²) in [4.78, 5) is 9.26. The van der Waals surface area contributed by atoms with E-state index in [1.165, 1.54) is 6.92 Å². The summed E-state index contributed by atoms with van der Waals surface area (Å²) in [5, 5.41) is 9.26. The summed E-state index contributed by atoms with van der Waals surface area (Å²) in [6.45, 7) is 2.58. The molecular weight excluding hydrogens is 178 g/mol. The molecule has 0 aliphatic rings. The van der Waals surface area contributed by atoms with Crippen molar-refractivity contribution < 1.29 is 14.4 Å². The van der Waals surface area contributed by atoms with Gasteiger partial charge in [0.15, 0.2) is 0 Å². The van der Waals surface area contributed by atoms with E-state index in [4.69, 9.17) is 11.6 Å². The number of carbonyl (C=O) groups excluding carboxylic acids is 1. The van der Waals surface area contributed by atoms with E-state index in [9.17, 15) is 9.90 Å². The van der Waals surface area contributed by atoms with E-state index in [1.54, 1.807) is 0 Å². The van der Waals surface area contributed by atoms with E-state index in [1.807, 2.05) is 0 Å². The second-order valence-corrected chi connectivity index (χ2v) is 3.81. The minimum Gasteiger partial charge on any atom is -0.550 e. The number of rotatable bonds is 3. The van der Waals surface area contributed by atoms with E-state index in [0.29, 0.717) is 0 Å². The highest BCUT2D eigenvalue weighted by atomic mass is 35.5. The van der Waals surface area contributed by atoms with E-state index >= 15 is 0 Å². The van der Waals surface area contributed by atoms with Crippen molar-refractivity contribution in [3.05, 3.63) is 0 Å².